The minimum atomic E-state index is -0.655. The molecule has 1 heterocycles. The van der Waals surface area contributed by atoms with E-state index < -0.39 is 17.7 Å². The first kappa shape index (κ1) is 21.1. The van der Waals surface area contributed by atoms with Crippen LogP contribution in [0.2, 0.25) is 0 Å². The lowest BCUT2D eigenvalue weighted by Gasteiger charge is -2.27. The highest BCUT2D eigenvalue weighted by atomic mass is 16.6. The number of methoxy groups -OCH3 is 1. The van der Waals surface area contributed by atoms with Crippen molar-refractivity contribution in [1.82, 2.24) is 9.78 Å². The van der Waals surface area contributed by atoms with Crippen LogP contribution in [0.3, 0.4) is 0 Å². The fourth-order valence-corrected chi connectivity index (χ4v) is 3.73. The van der Waals surface area contributed by atoms with Crippen molar-refractivity contribution in [1.29, 1.82) is 0 Å². The highest BCUT2D eigenvalue weighted by molar-refractivity contribution is 6.10. The average molecular weight is 403 g/mol. The van der Waals surface area contributed by atoms with Gasteiger partial charge in [-0.15, -0.1) is 0 Å². The summed E-state index contributed by atoms with van der Waals surface area (Å²) in [4.78, 5) is 24.7. The molecule has 8 heteroatoms. The van der Waals surface area contributed by atoms with E-state index in [1.165, 1.54) is 7.11 Å². The number of aromatic nitrogens is 2. The Morgan fingerprint density at radius 2 is 1.93 bits per heavy atom. The molecule has 2 N–H and O–H groups in total. The minimum Gasteiger partial charge on any atom is -0.465 e. The number of aliphatic hydroxyl groups excluding tert-OH is 1. The highest BCUT2D eigenvalue weighted by Gasteiger charge is 2.26. The van der Waals surface area contributed by atoms with Crippen molar-refractivity contribution in [2.24, 2.45) is 5.92 Å². The number of esters is 1. The van der Waals surface area contributed by atoms with Crippen LogP contribution >= 0.6 is 0 Å². The minimum absolute atomic E-state index is 0.220. The fourth-order valence-electron chi connectivity index (χ4n) is 3.73. The number of carbonyl (C=O) groups excluding carboxylic acids is 2. The normalized spacial score (nSPS) is 19.8. The van der Waals surface area contributed by atoms with E-state index >= 15 is 0 Å². The van der Waals surface area contributed by atoms with Crippen molar-refractivity contribution >= 4 is 28.7 Å². The molecular formula is C21H29N3O5. The van der Waals surface area contributed by atoms with Crippen molar-refractivity contribution in [3.05, 3.63) is 23.9 Å². The van der Waals surface area contributed by atoms with Gasteiger partial charge in [-0.3, -0.25) is 10.00 Å². The Morgan fingerprint density at radius 1 is 1.24 bits per heavy atom. The summed E-state index contributed by atoms with van der Waals surface area (Å²) in [6.07, 6.45) is 4.95. The molecule has 0 aliphatic heterocycles. The van der Waals surface area contributed by atoms with Crippen LogP contribution in [0.4, 0.5) is 10.5 Å². The van der Waals surface area contributed by atoms with E-state index in [1.54, 1.807) is 32.9 Å². The van der Waals surface area contributed by atoms with E-state index in [2.05, 4.69) is 10.4 Å². The monoisotopic (exact) mass is 403 g/mol. The lowest BCUT2D eigenvalue weighted by atomic mass is 9.87. The van der Waals surface area contributed by atoms with Crippen molar-refractivity contribution in [2.45, 2.75) is 58.1 Å². The van der Waals surface area contributed by atoms with Gasteiger partial charge in [-0.2, -0.15) is 5.10 Å². The molecule has 8 nitrogen and oxygen atoms in total. The zero-order valence-electron chi connectivity index (χ0n) is 17.4. The Hall–Kier alpha value is -2.61. The third-order valence-electron chi connectivity index (χ3n) is 5.18. The molecular weight excluding hydrogens is 374 g/mol. The summed E-state index contributed by atoms with van der Waals surface area (Å²) in [7, 11) is 1.30. The van der Waals surface area contributed by atoms with Gasteiger partial charge in [-0.05, 0) is 64.5 Å². The number of anilines is 1. The molecule has 1 aromatic carbocycles. The third-order valence-corrected chi connectivity index (χ3v) is 5.18. The summed E-state index contributed by atoms with van der Waals surface area (Å²) in [6, 6.07) is 3.63. The summed E-state index contributed by atoms with van der Waals surface area (Å²) >= 11 is 0. The Balaban J connectivity index is 1.93. The van der Waals surface area contributed by atoms with Gasteiger partial charge in [-0.25, -0.2) is 9.59 Å². The molecule has 0 spiro atoms. The number of ether oxygens (including phenoxy) is 2. The molecule has 1 fully saturated rings. The molecule has 29 heavy (non-hydrogen) atoms. The smallest absolute Gasteiger partial charge is 0.412 e. The third kappa shape index (κ3) is 4.87. The molecule has 2 aromatic rings. The van der Waals surface area contributed by atoms with E-state index in [4.69, 9.17) is 9.47 Å². The van der Waals surface area contributed by atoms with Crippen molar-refractivity contribution in [3.63, 3.8) is 0 Å². The number of hydrogen-bond donors (Lipinski definition) is 2. The number of carbonyl (C=O) groups is 2. The van der Waals surface area contributed by atoms with Gasteiger partial charge >= 0.3 is 12.1 Å². The number of hydrogen-bond acceptors (Lipinski definition) is 6. The van der Waals surface area contributed by atoms with Crippen LogP contribution in [-0.2, 0) is 9.47 Å². The molecule has 158 valence electrons. The molecule has 0 saturated heterocycles. The van der Waals surface area contributed by atoms with Gasteiger partial charge in [0.1, 0.15) is 5.60 Å². The average Bonchev–Trinajstić information content (AvgIpc) is 3.10. The van der Waals surface area contributed by atoms with Crippen molar-refractivity contribution in [2.75, 3.05) is 19.0 Å². The molecule has 3 rings (SSSR count). The summed E-state index contributed by atoms with van der Waals surface area (Å²) in [5.74, 6) is -0.198. The second kappa shape index (κ2) is 8.41. The van der Waals surface area contributed by atoms with Gasteiger partial charge in [0.2, 0.25) is 0 Å². The van der Waals surface area contributed by atoms with Gasteiger partial charge in [0, 0.05) is 18.2 Å². The summed E-state index contributed by atoms with van der Waals surface area (Å²) in [5.41, 5.74) is 0.579. The zero-order chi connectivity index (χ0) is 21.2. The highest BCUT2D eigenvalue weighted by Crippen LogP contribution is 2.34. The maximum Gasteiger partial charge on any atom is 0.412 e. The summed E-state index contributed by atoms with van der Waals surface area (Å²) < 4.78 is 12.1. The van der Waals surface area contributed by atoms with Crippen LogP contribution < -0.4 is 5.32 Å². The van der Waals surface area contributed by atoms with Gasteiger partial charge in [0.05, 0.1) is 29.9 Å². The lowest BCUT2D eigenvalue weighted by Crippen LogP contribution is -2.27. The predicted molar refractivity (Wildman–Crippen MR) is 109 cm³/mol. The number of rotatable bonds is 4. The van der Waals surface area contributed by atoms with Crippen molar-refractivity contribution in [3.8, 4) is 0 Å². The fraction of sp³-hybridized carbons (Fsp3) is 0.571. The number of benzene rings is 1. The van der Waals surface area contributed by atoms with E-state index in [-0.39, 0.29) is 18.2 Å². The molecule has 1 aromatic heterocycles. The maximum atomic E-state index is 12.5. The largest absolute Gasteiger partial charge is 0.465 e. The Kier molecular flexibility index (Phi) is 6.12. The van der Waals surface area contributed by atoms with Gasteiger partial charge in [-0.1, -0.05) is 0 Å². The SMILES string of the molecule is COC(=O)c1c(NC(=O)OC(C)(C)C)ccc2nn(C3CCC(CO)CC3)cc12. The van der Waals surface area contributed by atoms with E-state index in [0.717, 1.165) is 25.7 Å². The number of aliphatic hydroxyl groups is 1. The van der Waals surface area contributed by atoms with Crippen LogP contribution in [0.5, 0.6) is 0 Å². The first-order valence-electron chi connectivity index (χ1n) is 9.93. The quantitative estimate of drug-likeness (QED) is 0.751. The molecule has 0 atom stereocenters. The van der Waals surface area contributed by atoms with Crippen LogP contribution in [0, 0.1) is 5.92 Å². The number of nitrogens with one attached hydrogen (secondary N) is 1. The molecule has 0 bridgehead atoms. The van der Waals surface area contributed by atoms with E-state index in [1.807, 2.05) is 10.9 Å². The molecule has 1 saturated carbocycles. The molecule has 1 amide bonds. The molecule has 0 radical (unpaired) electrons. The molecule has 0 unspecified atom stereocenters. The Bertz CT molecular complexity index is 892. The number of fused-ring (bicyclic) bond motifs is 1. The summed E-state index contributed by atoms with van der Waals surface area (Å²) in [6.45, 7) is 5.53. The van der Waals surface area contributed by atoms with Crippen LogP contribution in [0.25, 0.3) is 10.9 Å². The van der Waals surface area contributed by atoms with Crippen molar-refractivity contribution < 1.29 is 24.2 Å². The Labute approximate surface area is 170 Å². The number of nitrogens with zero attached hydrogens (tertiary/aromatic N) is 2. The molecule has 1 aliphatic rings. The van der Waals surface area contributed by atoms with Gasteiger partial charge < -0.3 is 14.6 Å². The first-order valence-corrected chi connectivity index (χ1v) is 9.93. The first-order chi connectivity index (χ1) is 13.7. The summed E-state index contributed by atoms with van der Waals surface area (Å²) in [5, 5.41) is 17.3. The topological polar surface area (TPSA) is 103 Å². The second-order valence-electron chi connectivity index (χ2n) is 8.51. The van der Waals surface area contributed by atoms with Gasteiger partial charge in [0.25, 0.3) is 0 Å². The van der Waals surface area contributed by atoms with Crippen LogP contribution in [0.15, 0.2) is 18.3 Å². The van der Waals surface area contributed by atoms with Gasteiger partial charge in [0.15, 0.2) is 0 Å². The number of amides is 1. The van der Waals surface area contributed by atoms with E-state index in [0.29, 0.717) is 22.5 Å². The van der Waals surface area contributed by atoms with E-state index in [9.17, 15) is 14.7 Å². The van der Waals surface area contributed by atoms with Crippen LogP contribution in [-0.4, -0.2) is 46.3 Å². The lowest BCUT2D eigenvalue weighted by molar-refractivity contribution is 0.0604. The van der Waals surface area contributed by atoms with Crippen LogP contribution in [0.1, 0.15) is 62.9 Å². The standard InChI is InChI=1S/C21H29N3O5/c1-21(2,3)29-20(27)22-17-10-9-16-15(18(17)19(26)28-4)11-24(23-16)14-7-5-13(12-25)6-8-14/h9-11,13-14,25H,5-8,12H2,1-4H3,(H,22,27). The Morgan fingerprint density at radius 3 is 2.52 bits per heavy atom. The maximum absolute atomic E-state index is 12.5. The zero-order valence-corrected chi connectivity index (χ0v) is 17.4. The second-order valence-corrected chi connectivity index (χ2v) is 8.51. The predicted octanol–water partition coefficient (Wildman–Crippen LogP) is 3.89. The molecule has 1 aliphatic carbocycles.